The van der Waals surface area contributed by atoms with Gasteiger partial charge in [0.1, 0.15) is 10.7 Å². The molecule has 1 aliphatic rings. The molecule has 124 valence electrons. The SMILES string of the molecule is Cc1cccn2c(=O)cc(CN3CCc4sc(CN)nc4C3)nc12. The van der Waals surface area contributed by atoms with Crippen LogP contribution in [-0.2, 0) is 26.1 Å². The maximum Gasteiger partial charge on any atom is 0.258 e. The van der Waals surface area contributed by atoms with Crippen molar-refractivity contribution in [3.63, 3.8) is 0 Å². The molecule has 3 aromatic rings. The summed E-state index contributed by atoms with van der Waals surface area (Å²) in [6, 6.07) is 5.48. The third-order valence-electron chi connectivity index (χ3n) is 4.35. The molecule has 0 aliphatic carbocycles. The molecule has 4 heterocycles. The molecule has 4 rings (SSSR count). The molecule has 3 aromatic heterocycles. The van der Waals surface area contributed by atoms with E-state index in [-0.39, 0.29) is 5.56 Å². The van der Waals surface area contributed by atoms with Crippen LogP contribution in [0.4, 0.5) is 0 Å². The number of nitrogens with two attached hydrogens (primary N) is 1. The third kappa shape index (κ3) is 2.75. The molecule has 0 spiro atoms. The van der Waals surface area contributed by atoms with Gasteiger partial charge < -0.3 is 5.73 Å². The van der Waals surface area contributed by atoms with E-state index in [4.69, 9.17) is 10.7 Å². The monoisotopic (exact) mass is 341 g/mol. The van der Waals surface area contributed by atoms with Crippen molar-refractivity contribution in [3.8, 4) is 0 Å². The molecule has 0 aromatic carbocycles. The lowest BCUT2D eigenvalue weighted by molar-refractivity contribution is 0.241. The van der Waals surface area contributed by atoms with Crippen molar-refractivity contribution in [2.75, 3.05) is 6.54 Å². The number of hydrogen-bond acceptors (Lipinski definition) is 6. The Labute approximate surface area is 143 Å². The second-order valence-electron chi connectivity index (χ2n) is 6.11. The number of fused-ring (bicyclic) bond motifs is 2. The van der Waals surface area contributed by atoms with Gasteiger partial charge in [0.25, 0.3) is 5.56 Å². The van der Waals surface area contributed by atoms with E-state index < -0.39 is 0 Å². The van der Waals surface area contributed by atoms with Gasteiger partial charge in [-0.25, -0.2) is 9.97 Å². The lowest BCUT2D eigenvalue weighted by Crippen LogP contribution is -2.30. The number of nitrogens with zero attached hydrogens (tertiary/aromatic N) is 4. The average molecular weight is 341 g/mol. The first-order chi connectivity index (χ1) is 11.6. The van der Waals surface area contributed by atoms with Gasteiger partial charge in [0.05, 0.1) is 11.4 Å². The van der Waals surface area contributed by atoms with E-state index >= 15 is 0 Å². The molecule has 7 heteroatoms. The number of aryl methyl sites for hydroxylation is 1. The minimum atomic E-state index is -0.0320. The Morgan fingerprint density at radius 1 is 1.38 bits per heavy atom. The van der Waals surface area contributed by atoms with Crippen molar-refractivity contribution < 1.29 is 0 Å². The molecular formula is C17H19N5OS. The van der Waals surface area contributed by atoms with Crippen LogP contribution in [0.1, 0.15) is 26.8 Å². The summed E-state index contributed by atoms with van der Waals surface area (Å²) in [6.07, 6.45) is 2.75. The number of hydrogen-bond donors (Lipinski definition) is 1. The van der Waals surface area contributed by atoms with E-state index in [0.29, 0.717) is 13.1 Å². The first-order valence-electron chi connectivity index (χ1n) is 8.02. The molecule has 0 bridgehead atoms. The minimum Gasteiger partial charge on any atom is -0.325 e. The first-order valence-corrected chi connectivity index (χ1v) is 8.83. The molecule has 0 saturated heterocycles. The Morgan fingerprint density at radius 3 is 3.08 bits per heavy atom. The van der Waals surface area contributed by atoms with Crippen LogP contribution in [0.15, 0.2) is 29.2 Å². The van der Waals surface area contributed by atoms with Gasteiger partial charge in [0.15, 0.2) is 0 Å². The van der Waals surface area contributed by atoms with Gasteiger partial charge >= 0.3 is 0 Å². The van der Waals surface area contributed by atoms with E-state index in [1.807, 2.05) is 19.1 Å². The molecule has 24 heavy (non-hydrogen) atoms. The third-order valence-corrected chi connectivity index (χ3v) is 5.53. The highest BCUT2D eigenvalue weighted by molar-refractivity contribution is 7.11. The molecule has 0 unspecified atom stereocenters. The van der Waals surface area contributed by atoms with Crippen molar-refractivity contribution in [1.82, 2.24) is 19.3 Å². The maximum absolute atomic E-state index is 12.3. The highest BCUT2D eigenvalue weighted by Crippen LogP contribution is 2.25. The van der Waals surface area contributed by atoms with E-state index in [9.17, 15) is 4.79 Å². The van der Waals surface area contributed by atoms with Crippen LogP contribution in [-0.4, -0.2) is 25.8 Å². The highest BCUT2D eigenvalue weighted by atomic mass is 32.1. The first kappa shape index (κ1) is 15.4. The molecule has 0 fully saturated rings. The smallest absolute Gasteiger partial charge is 0.258 e. The van der Waals surface area contributed by atoms with E-state index in [2.05, 4.69) is 9.88 Å². The van der Waals surface area contributed by atoms with Crippen molar-refractivity contribution in [2.45, 2.75) is 33.0 Å². The second-order valence-corrected chi connectivity index (χ2v) is 7.28. The zero-order valence-electron chi connectivity index (χ0n) is 13.5. The van der Waals surface area contributed by atoms with E-state index in [0.717, 1.165) is 47.1 Å². The minimum absolute atomic E-state index is 0.0320. The Kier molecular flexibility index (Phi) is 3.91. The standard InChI is InChI=1S/C17H19N5OS/c1-11-3-2-5-22-16(23)7-12(19-17(11)22)9-21-6-4-14-13(10-21)20-15(8-18)24-14/h2-3,5,7H,4,6,8-10,18H2,1H3. The van der Waals surface area contributed by atoms with Crippen LogP contribution in [0.3, 0.4) is 0 Å². The Bertz CT molecular complexity index is 961. The fourth-order valence-corrected chi connectivity index (χ4v) is 4.09. The molecule has 6 nitrogen and oxygen atoms in total. The van der Waals surface area contributed by atoms with Crippen molar-refractivity contribution in [1.29, 1.82) is 0 Å². The number of rotatable bonds is 3. The van der Waals surface area contributed by atoms with Crippen LogP contribution in [0.5, 0.6) is 0 Å². The van der Waals surface area contributed by atoms with Crippen LogP contribution in [0.2, 0.25) is 0 Å². The fourth-order valence-electron chi connectivity index (χ4n) is 3.15. The van der Waals surface area contributed by atoms with Crippen molar-refractivity contribution >= 4 is 17.0 Å². The Hall–Kier alpha value is -2.09. The largest absolute Gasteiger partial charge is 0.325 e. The van der Waals surface area contributed by atoms with Gasteiger partial charge in [0.2, 0.25) is 0 Å². The van der Waals surface area contributed by atoms with Crippen LogP contribution in [0, 0.1) is 6.92 Å². The van der Waals surface area contributed by atoms with Gasteiger partial charge in [-0.15, -0.1) is 11.3 Å². The molecular weight excluding hydrogens is 322 g/mol. The normalized spacial score (nSPS) is 14.9. The summed E-state index contributed by atoms with van der Waals surface area (Å²) in [5, 5.41) is 1.000. The summed E-state index contributed by atoms with van der Waals surface area (Å²) < 4.78 is 1.60. The van der Waals surface area contributed by atoms with Crippen LogP contribution in [0.25, 0.3) is 5.65 Å². The van der Waals surface area contributed by atoms with Gasteiger partial charge in [-0.3, -0.25) is 14.1 Å². The predicted molar refractivity (Wildman–Crippen MR) is 94.0 cm³/mol. The second kappa shape index (κ2) is 6.08. The molecule has 0 radical (unpaired) electrons. The summed E-state index contributed by atoms with van der Waals surface area (Å²) in [5.41, 5.74) is 9.33. The average Bonchev–Trinajstić information content (AvgIpc) is 2.98. The molecule has 0 amide bonds. The van der Waals surface area contributed by atoms with Crippen LogP contribution >= 0.6 is 11.3 Å². The summed E-state index contributed by atoms with van der Waals surface area (Å²) in [4.78, 5) is 25.2. The van der Waals surface area contributed by atoms with Gasteiger partial charge in [0, 0.05) is 43.3 Å². The van der Waals surface area contributed by atoms with E-state index in [1.54, 1.807) is 28.0 Å². The molecule has 0 saturated carbocycles. The number of aromatic nitrogens is 3. The molecule has 2 N–H and O–H groups in total. The van der Waals surface area contributed by atoms with E-state index in [1.165, 1.54) is 4.88 Å². The summed E-state index contributed by atoms with van der Waals surface area (Å²) in [7, 11) is 0. The van der Waals surface area contributed by atoms with Gasteiger partial charge in [-0.1, -0.05) is 6.07 Å². The number of pyridine rings is 1. The maximum atomic E-state index is 12.3. The molecule has 1 aliphatic heterocycles. The lowest BCUT2D eigenvalue weighted by atomic mass is 10.2. The summed E-state index contributed by atoms with van der Waals surface area (Å²) in [6.45, 7) is 4.88. The Balaban J connectivity index is 1.61. The Morgan fingerprint density at radius 2 is 2.25 bits per heavy atom. The number of thiazole rings is 1. The van der Waals surface area contributed by atoms with Crippen molar-refractivity contribution in [3.05, 3.63) is 61.6 Å². The predicted octanol–water partition coefficient (Wildman–Crippen LogP) is 1.48. The summed E-state index contributed by atoms with van der Waals surface area (Å²) in [5.74, 6) is 0. The fraction of sp³-hybridized carbons (Fsp3) is 0.353. The quantitative estimate of drug-likeness (QED) is 0.781. The van der Waals surface area contributed by atoms with Crippen LogP contribution < -0.4 is 11.3 Å². The highest BCUT2D eigenvalue weighted by Gasteiger charge is 2.21. The lowest BCUT2D eigenvalue weighted by Gasteiger charge is -2.25. The van der Waals surface area contributed by atoms with Gasteiger partial charge in [-0.2, -0.15) is 0 Å². The molecule has 0 atom stereocenters. The summed E-state index contributed by atoms with van der Waals surface area (Å²) >= 11 is 1.72. The van der Waals surface area contributed by atoms with Gasteiger partial charge in [-0.05, 0) is 25.0 Å². The zero-order chi connectivity index (χ0) is 16.7. The van der Waals surface area contributed by atoms with Crippen molar-refractivity contribution in [2.24, 2.45) is 5.73 Å². The zero-order valence-corrected chi connectivity index (χ0v) is 14.3. The topological polar surface area (TPSA) is 76.5 Å².